The van der Waals surface area contributed by atoms with Gasteiger partial charge in [-0.15, -0.1) is 0 Å². The molecule has 1 aromatic rings. The number of hydrogen-bond donors (Lipinski definition) is 0. The van der Waals surface area contributed by atoms with Gasteiger partial charge in [0.1, 0.15) is 0 Å². The molecule has 0 radical (unpaired) electrons. The van der Waals surface area contributed by atoms with Gasteiger partial charge in [-0.05, 0) is 60.3 Å². The zero-order valence-corrected chi connectivity index (χ0v) is 11.0. The number of halogens is 1. The topological polar surface area (TPSA) is 6.48 Å². The molecule has 2 atom stereocenters. The Morgan fingerprint density at radius 1 is 1.13 bits per heavy atom. The van der Waals surface area contributed by atoms with Gasteiger partial charge in [0.2, 0.25) is 0 Å². The van der Waals surface area contributed by atoms with Crippen molar-refractivity contribution in [3.8, 4) is 0 Å². The lowest BCUT2D eigenvalue weighted by molar-refractivity contribution is 0.0264. The van der Waals surface area contributed by atoms with Crippen molar-refractivity contribution in [3.63, 3.8) is 0 Å². The number of nitrogens with zero attached hydrogens (tertiary/aromatic N) is 2. The fourth-order valence-electron chi connectivity index (χ4n) is 2.66. The smallest absolute Gasteiger partial charge is 0.0368 e. The van der Waals surface area contributed by atoms with E-state index in [1.54, 1.807) is 0 Å². The van der Waals surface area contributed by atoms with Crippen LogP contribution in [-0.2, 0) is 0 Å². The van der Waals surface area contributed by atoms with Crippen LogP contribution in [0.3, 0.4) is 0 Å². The summed E-state index contributed by atoms with van der Waals surface area (Å²) in [6.45, 7) is 2.40. The molecular formula is C12H15IN2. The summed E-state index contributed by atoms with van der Waals surface area (Å²) < 4.78 is 1.32. The van der Waals surface area contributed by atoms with E-state index in [-0.39, 0.29) is 0 Å². The average Bonchev–Trinajstić information content (AvgIpc) is 2.29. The highest BCUT2D eigenvalue weighted by atomic mass is 127. The second kappa shape index (κ2) is 3.63. The number of hydrogen-bond acceptors (Lipinski definition) is 2. The molecule has 4 rings (SSSR count). The van der Waals surface area contributed by atoms with Crippen molar-refractivity contribution >= 4 is 28.3 Å². The molecule has 3 saturated heterocycles. The predicted octanol–water partition coefficient (Wildman–Crippen LogP) is 2.18. The Balaban J connectivity index is 1.77. The van der Waals surface area contributed by atoms with Crippen LogP contribution in [0.4, 0.5) is 5.69 Å². The van der Waals surface area contributed by atoms with Crippen LogP contribution in [-0.4, -0.2) is 37.1 Å². The number of benzene rings is 1. The number of likely N-dealkylation sites (N-methyl/N-ethyl adjacent to an activating group) is 1. The molecule has 0 aliphatic carbocycles. The summed E-state index contributed by atoms with van der Waals surface area (Å²) in [7, 11) is 2.25. The second-order valence-corrected chi connectivity index (χ2v) is 5.84. The molecular weight excluding hydrogens is 299 g/mol. The van der Waals surface area contributed by atoms with Crippen LogP contribution < -0.4 is 4.90 Å². The predicted molar refractivity (Wildman–Crippen MR) is 71.3 cm³/mol. The number of rotatable bonds is 1. The number of fused-ring (bicyclic) bond motifs is 2. The van der Waals surface area contributed by atoms with E-state index >= 15 is 0 Å². The minimum absolute atomic E-state index is 0.794. The molecule has 15 heavy (non-hydrogen) atoms. The zero-order chi connectivity index (χ0) is 10.4. The van der Waals surface area contributed by atoms with Gasteiger partial charge in [0.15, 0.2) is 0 Å². The van der Waals surface area contributed by atoms with Gasteiger partial charge in [0.25, 0.3) is 0 Å². The second-order valence-electron chi connectivity index (χ2n) is 4.59. The number of anilines is 1. The molecule has 1 aromatic carbocycles. The quantitative estimate of drug-likeness (QED) is 0.733. The Labute approximate surface area is 104 Å². The maximum atomic E-state index is 2.52. The van der Waals surface area contributed by atoms with Gasteiger partial charge in [-0.3, -0.25) is 4.90 Å². The highest BCUT2D eigenvalue weighted by molar-refractivity contribution is 14.1. The molecule has 2 nitrogen and oxygen atoms in total. The number of piperazine rings is 1. The van der Waals surface area contributed by atoms with Gasteiger partial charge in [-0.25, -0.2) is 0 Å². The minimum atomic E-state index is 0.794. The summed E-state index contributed by atoms with van der Waals surface area (Å²) in [5.74, 6) is 0. The Morgan fingerprint density at radius 3 is 2.27 bits per heavy atom. The lowest BCUT2D eigenvalue weighted by atomic mass is 9.88. The third-order valence-corrected chi connectivity index (χ3v) is 4.47. The normalized spacial score (nSPS) is 30.1. The van der Waals surface area contributed by atoms with Crippen molar-refractivity contribution in [2.75, 3.05) is 25.0 Å². The first kappa shape index (κ1) is 9.90. The monoisotopic (exact) mass is 314 g/mol. The van der Waals surface area contributed by atoms with Gasteiger partial charge in [-0.2, -0.15) is 0 Å². The van der Waals surface area contributed by atoms with Crippen LogP contribution in [0.25, 0.3) is 0 Å². The summed E-state index contributed by atoms with van der Waals surface area (Å²) in [5, 5.41) is 0. The molecule has 0 spiro atoms. The Hall–Kier alpha value is -0.290. The molecule has 3 aliphatic heterocycles. The molecule has 0 N–H and O–H groups in total. The van der Waals surface area contributed by atoms with Gasteiger partial charge in [0, 0.05) is 34.4 Å². The summed E-state index contributed by atoms with van der Waals surface area (Å²) in [4.78, 5) is 5.04. The molecule has 0 saturated carbocycles. The van der Waals surface area contributed by atoms with Crippen molar-refractivity contribution in [1.82, 2.24) is 4.90 Å². The molecule has 80 valence electrons. The van der Waals surface area contributed by atoms with Crippen LogP contribution in [0.5, 0.6) is 0 Å². The third kappa shape index (κ3) is 1.65. The highest BCUT2D eigenvalue weighted by Gasteiger charge is 2.41. The molecule has 2 unspecified atom stereocenters. The van der Waals surface area contributed by atoms with E-state index in [0.29, 0.717) is 0 Å². The molecule has 3 aliphatic rings. The lowest BCUT2D eigenvalue weighted by Crippen LogP contribution is -2.67. The van der Waals surface area contributed by atoms with Gasteiger partial charge < -0.3 is 4.90 Å². The Bertz CT molecular complexity index is 350. The Kier molecular flexibility index (Phi) is 2.39. The summed E-state index contributed by atoms with van der Waals surface area (Å²) in [6.07, 6.45) is 1.40. The van der Waals surface area contributed by atoms with E-state index in [2.05, 4.69) is 63.7 Å². The average molecular weight is 314 g/mol. The minimum Gasteiger partial charge on any atom is -0.368 e. The first-order valence-corrected chi connectivity index (χ1v) is 6.54. The molecule has 3 heterocycles. The maximum absolute atomic E-state index is 2.52. The van der Waals surface area contributed by atoms with Gasteiger partial charge in [-0.1, -0.05) is 0 Å². The van der Waals surface area contributed by atoms with Gasteiger partial charge >= 0.3 is 0 Å². The number of piperidine rings is 1. The summed E-state index contributed by atoms with van der Waals surface area (Å²) in [5.41, 5.74) is 1.39. The molecule has 3 heteroatoms. The van der Waals surface area contributed by atoms with Crippen molar-refractivity contribution in [2.45, 2.75) is 18.5 Å². The molecule has 0 aromatic heterocycles. The van der Waals surface area contributed by atoms with Crippen LogP contribution in [0.2, 0.25) is 0 Å². The standard InChI is InChI=1S/C12H15IN2/c1-14-11-6-12(14)8-15(7-11)10-4-2-9(13)3-5-10/h2-5,11-12H,6-8H2,1H3. The van der Waals surface area contributed by atoms with E-state index in [4.69, 9.17) is 0 Å². The van der Waals surface area contributed by atoms with Crippen LogP contribution in [0.1, 0.15) is 6.42 Å². The van der Waals surface area contributed by atoms with Crippen molar-refractivity contribution in [1.29, 1.82) is 0 Å². The molecule has 2 bridgehead atoms. The van der Waals surface area contributed by atoms with Crippen LogP contribution >= 0.6 is 22.6 Å². The molecule has 3 fully saturated rings. The van der Waals surface area contributed by atoms with E-state index in [1.807, 2.05) is 0 Å². The fraction of sp³-hybridized carbons (Fsp3) is 0.500. The van der Waals surface area contributed by atoms with Crippen molar-refractivity contribution in [3.05, 3.63) is 27.8 Å². The van der Waals surface area contributed by atoms with Gasteiger partial charge in [0.05, 0.1) is 0 Å². The summed E-state index contributed by atoms with van der Waals surface area (Å²) >= 11 is 2.36. The largest absolute Gasteiger partial charge is 0.368 e. The molecule has 0 amide bonds. The van der Waals surface area contributed by atoms with Crippen LogP contribution in [0.15, 0.2) is 24.3 Å². The van der Waals surface area contributed by atoms with E-state index in [9.17, 15) is 0 Å². The van der Waals surface area contributed by atoms with E-state index < -0.39 is 0 Å². The third-order valence-electron chi connectivity index (χ3n) is 3.75. The first-order chi connectivity index (χ1) is 7.24. The van der Waals surface area contributed by atoms with Crippen molar-refractivity contribution < 1.29 is 0 Å². The van der Waals surface area contributed by atoms with Crippen molar-refractivity contribution in [2.24, 2.45) is 0 Å². The fourth-order valence-corrected chi connectivity index (χ4v) is 3.02. The zero-order valence-electron chi connectivity index (χ0n) is 8.86. The highest BCUT2D eigenvalue weighted by Crippen LogP contribution is 2.32. The Morgan fingerprint density at radius 2 is 1.73 bits per heavy atom. The first-order valence-electron chi connectivity index (χ1n) is 5.46. The lowest BCUT2D eigenvalue weighted by Gasteiger charge is -2.55. The SMILES string of the molecule is CN1C2CC1CN(c1ccc(I)cc1)C2. The van der Waals surface area contributed by atoms with E-state index in [1.165, 1.54) is 28.8 Å². The summed E-state index contributed by atoms with van der Waals surface area (Å²) in [6, 6.07) is 10.5. The maximum Gasteiger partial charge on any atom is 0.0368 e. The van der Waals surface area contributed by atoms with E-state index in [0.717, 1.165) is 12.1 Å². The van der Waals surface area contributed by atoms with Crippen LogP contribution in [0, 0.1) is 3.57 Å².